The Kier molecular flexibility index (Phi) is 7.39. The van der Waals surface area contributed by atoms with Gasteiger partial charge in [0.2, 0.25) is 0 Å². The third-order valence-corrected chi connectivity index (χ3v) is 2.66. The van der Waals surface area contributed by atoms with Gasteiger partial charge < -0.3 is 9.47 Å². The van der Waals surface area contributed by atoms with Crippen LogP contribution in [0.25, 0.3) is 0 Å². The van der Waals surface area contributed by atoms with Crippen LogP contribution in [-0.4, -0.2) is 25.3 Å². The predicted octanol–water partition coefficient (Wildman–Crippen LogP) is 2.64. The lowest BCUT2D eigenvalue weighted by Gasteiger charge is -2.16. The molecule has 2 atom stereocenters. The molecule has 0 saturated heterocycles. The van der Waals surface area contributed by atoms with Crippen molar-refractivity contribution < 1.29 is 14.3 Å². The molecule has 0 aliphatic rings. The molecule has 0 aromatic heterocycles. The minimum Gasteiger partial charge on any atom is -0.463 e. The maximum atomic E-state index is 11.3. The molecule has 0 aliphatic carbocycles. The van der Waals surface area contributed by atoms with Crippen molar-refractivity contribution in [2.45, 2.75) is 47.1 Å². The van der Waals surface area contributed by atoms with Gasteiger partial charge in [0.15, 0.2) is 0 Å². The standard InChI is InChI=1S/C12H24O3/c1-6-10(4)12(13)15-8-7-14-11(5)9(2)3/h9-11H,6-8H2,1-5H3. The number of carbonyl (C=O) groups excluding carboxylic acids is 1. The third-order valence-electron chi connectivity index (χ3n) is 2.66. The van der Waals surface area contributed by atoms with Gasteiger partial charge in [-0.2, -0.15) is 0 Å². The van der Waals surface area contributed by atoms with Crippen molar-refractivity contribution in [1.82, 2.24) is 0 Å². The van der Waals surface area contributed by atoms with Crippen molar-refractivity contribution in [1.29, 1.82) is 0 Å². The summed E-state index contributed by atoms with van der Waals surface area (Å²) in [6.45, 7) is 10.9. The van der Waals surface area contributed by atoms with Crippen molar-refractivity contribution in [2.24, 2.45) is 11.8 Å². The van der Waals surface area contributed by atoms with Crippen LogP contribution in [0.5, 0.6) is 0 Å². The third kappa shape index (κ3) is 6.50. The second kappa shape index (κ2) is 7.69. The number of ether oxygens (including phenoxy) is 2. The van der Waals surface area contributed by atoms with Gasteiger partial charge in [-0.15, -0.1) is 0 Å². The Morgan fingerprint density at radius 1 is 1.13 bits per heavy atom. The summed E-state index contributed by atoms with van der Waals surface area (Å²) in [6.07, 6.45) is 1.04. The van der Waals surface area contributed by atoms with Gasteiger partial charge in [-0.1, -0.05) is 27.7 Å². The van der Waals surface area contributed by atoms with E-state index >= 15 is 0 Å². The highest BCUT2D eigenvalue weighted by atomic mass is 16.6. The molecule has 3 nitrogen and oxygen atoms in total. The fraction of sp³-hybridized carbons (Fsp3) is 0.917. The van der Waals surface area contributed by atoms with Crippen LogP contribution in [0, 0.1) is 11.8 Å². The first kappa shape index (κ1) is 14.4. The number of rotatable bonds is 7. The summed E-state index contributed by atoms with van der Waals surface area (Å²) in [7, 11) is 0. The van der Waals surface area contributed by atoms with Crippen LogP contribution in [0.2, 0.25) is 0 Å². The van der Waals surface area contributed by atoms with Crippen LogP contribution in [0.4, 0.5) is 0 Å². The molecule has 0 radical (unpaired) electrons. The molecule has 0 aliphatic heterocycles. The zero-order chi connectivity index (χ0) is 11.8. The Labute approximate surface area is 93.1 Å². The largest absolute Gasteiger partial charge is 0.463 e. The fourth-order valence-electron chi connectivity index (χ4n) is 0.878. The molecule has 0 bridgehead atoms. The average Bonchev–Trinajstić information content (AvgIpc) is 2.22. The zero-order valence-electron chi connectivity index (χ0n) is 10.6. The molecule has 2 unspecified atom stereocenters. The first-order valence-electron chi connectivity index (χ1n) is 5.77. The van der Waals surface area contributed by atoms with Gasteiger partial charge in [0, 0.05) is 0 Å². The summed E-state index contributed by atoms with van der Waals surface area (Å²) in [4.78, 5) is 11.3. The maximum Gasteiger partial charge on any atom is 0.308 e. The summed E-state index contributed by atoms with van der Waals surface area (Å²) in [5.74, 6) is 0.362. The smallest absolute Gasteiger partial charge is 0.308 e. The summed E-state index contributed by atoms with van der Waals surface area (Å²) in [5.41, 5.74) is 0. The van der Waals surface area contributed by atoms with E-state index in [1.54, 1.807) is 0 Å². The van der Waals surface area contributed by atoms with Crippen LogP contribution in [0.1, 0.15) is 41.0 Å². The molecule has 0 rings (SSSR count). The van der Waals surface area contributed by atoms with E-state index in [-0.39, 0.29) is 18.0 Å². The molecule has 0 fully saturated rings. The van der Waals surface area contributed by atoms with Crippen molar-refractivity contribution >= 4 is 5.97 Å². The van der Waals surface area contributed by atoms with E-state index in [2.05, 4.69) is 13.8 Å². The molecular weight excluding hydrogens is 192 g/mol. The van der Waals surface area contributed by atoms with E-state index in [0.29, 0.717) is 19.1 Å². The van der Waals surface area contributed by atoms with Crippen LogP contribution in [0.3, 0.4) is 0 Å². The topological polar surface area (TPSA) is 35.5 Å². The van der Waals surface area contributed by atoms with Crippen molar-refractivity contribution in [2.75, 3.05) is 13.2 Å². The molecule has 3 heteroatoms. The zero-order valence-corrected chi connectivity index (χ0v) is 10.6. The highest BCUT2D eigenvalue weighted by Gasteiger charge is 2.12. The van der Waals surface area contributed by atoms with Crippen molar-refractivity contribution in [3.63, 3.8) is 0 Å². The molecule has 90 valence electrons. The SMILES string of the molecule is CCC(C)C(=O)OCCOC(C)C(C)C. The first-order chi connectivity index (χ1) is 6.99. The molecule has 0 N–H and O–H groups in total. The molecule has 0 heterocycles. The van der Waals surface area contributed by atoms with Crippen molar-refractivity contribution in [3.05, 3.63) is 0 Å². The van der Waals surface area contributed by atoms with Gasteiger partial charge in [0.25, 0.3) is 0 Å². The van der Waals surface area contributed by atoms with E-state index in [9.17, 15) is 4.79 Å². The van der Waals surface area contributed by atoms with Crippen molar-refractivity contribution in [3.8, 4) is 0 Å². The minimum atomic E-state index is -0.127. The summed E-state index contributed by atoms with van der Waals surface area (Å²) >= 11 is 0. The van der Waals surface area contributed by atoms with Gasteiger partial charge in [-0.05, 0) is 19.3 Å². The van der Waals surface area contributed by atoms with Crippen LogP contribution >= 0.6 is 0 Å². The van der Waals surface area contributed by atoms with E-state index in [1.165, 1.54) is 0 Å². The normalized spacial score (nSPS) is 15.1. The lowest BCUT2D eigenvalue weighted by Crippen LogP contribution is -2.21. The van der Waals surface area contributed by atoms with Crippen LogP contribution in [-0.2, 0) is 14.3 Å². The van der Waals surface area contributed by atoms with Gasteiger partial charge >= 0.3 is 5.97 Å². The molecule has 0 aromatic carbocycles. The number of carbonyl (C=O) groups is 1. The average molecular weight is 216 g/mol. The quantitative estimate of drug-likeness (QED) is 0.485. The Hall–Kier alpha value is -0.570. The summed E-state index contributed by atoms with van der Waals surface area (Å²) in [6, 6.07) is 0. The van der Waals surface area contributed by atoms with Gasteiger partial charge in [0.05, 0.1) is 18.6 Å². The van der Waals surface area contributed by atoms with E-state index in [0.717, 1.165) is 6.42 Å². The molecule has 0 amide bonds. The van der Waals surface area contributed by atoms with Gasteiger partial charge in [-0.25, -0.2) is 0 Å². The predicted molar refractivity (Wildman–Crippen MR) is 60.7 cm³/mol. The summed E-state index contributed by atoms with van der Waals surface area (Å²) in [5, 5.41) is 0. The highest BCUT2D eigenvalue weighted by Crippen LogP contribution is 2.06. The maximum absolute atomic E-state index is 11.3. The Morgan fingerprint density at radius 2 is 1.73 bits per heavy atom. The van der Waals surface area contributed by atoms with E-state index in [4.69, 9.17) is 9.47 Å². The van der Waals surface area contributed by atoms with Crippen LogP contribution < -0.4 is 0 Å². The lowest BCUT2D eigenvalue weighted by molar-refractivity contribution is -0.150. The lowest BCUT2D eigenvalue weighted by atomic mass is 10.1. The van der Waals surface area contributed by atoms with E-state index in [1.807, 2.05) is 20.8 Å². The number of hydrogen-bond donors (Lipinski definition) is 0. The number of hydrogen-bond acceptors (Lipinski definition) is 3. The Morgan fingerprint density at radius 3 is 2.20 bits per heavy atom. The fourth-order valence-corrected chi connectivity index (χ4v) is 0.878. The molecular formula is C12H24O3. The highest BCUT2D eigenvalue weighted by molar-refractivity contribution is 5.71. The molecule has 0 saturated carbocycles. The molecule has 15 heavy (non-hydrogen) atoms. The van der Waals surface area contributed by atoms with Gasteiger partial charge in [0.1, 0.15) is 6.61 Å². The summed E-state index contributed by atoms with van der Waals surface area (Å²) < 4.78 is 10.6. The monoisotopic (exact) mass is 216 g/mol. The Bertz CT molecular complexity index is 178. The van der Waals surface area contributed by atoms with Crippen LogP contribution in [0.15, 0.2) is 0 Å². The minimum absolute atomic E-state index is 0.00692. The second-order valence-corrected chi connectivity index (χ2v) is 4.30. The Balaban J connectivity index is 3.50. The first-order valence-corrected chi connectivity index (χ1v) is 5.77. The molecule has 0 spiro atoms. The van der Waals surface area contributed by atoms with Gasteiger partial charge in [-0.3, -0.25) is 4.79 Å². The molecule has 0 aromatic rings. The van der Waals surface area contributed by atoms with E-state index < -0.39 is 0 Å². The number of esters is 1. The second-order valence-electron chi connectivity index (χ2n) is 4.30.